The average Bonchev–Trinajstić information content (AvgIpc) is 2.49. The highest BCUT2D eigenvalue weighted by atomic mass is 16.5. The maximum Gasteiger partial charge on any atom is 0.311 e. The van der Waals surface area contributed by atoms with Crippen molar-refractivity contribution in [1.82, 2.24) is 0 Å². The lowest BCUT2D eigenvalue weighted by molar-refractivity contribution is -0.149. The van der Waals surface area contributed by atoms with Crippen molar-refractivity contribution in [2.24, 2.45) is 0 Å². The monoisotopic (exact) mass is 302 g/mol. The van der Waals surface area contributed by atoms with Crippen LogP contribution in [0.25, 0.3) is 0 Å². The van der Waals surface area contributed by atoms with E-state index < -0.39 is 18.0 Å². The maximum absolute atomic E-state index is 11.8. The molecule has 0 N–H and O–H groups in total. The van der Waals surface area contributed by atoms with E-state index in [2.05, 4.69) is 11.8 Å². The molecule has 0 aliphatic heterocycles. The van der Waals surface area contributed by atoms with Gasteiger partial charge < -0.3 is 9.47 Å². The van der Waals surface area contributed by atoms with E-state index in [1.807, 2.05) is 32.9 Å². The van der Waals surface area contributed by atoms with Gasteiger partial charge in [-0.1, -0.05) is 25.0 Å². The molecular formula is C18H22O4. The van der Waals surface area contributed by atoms with Gasteiger partial charge in [0.1, 0.15) is 5.75 Å². The fourth-order valence-corrected chi connectivity index (χ4v) is 1.81. The van der Waals surface area contributed by atoms with Crippen LogP contribution in [0.15, 0.2) is 18.2 Å². The Morgan fingerprint density at radius 1 is 1.18 bits per heavy atom. The van der Waals surface area contributed by atoms with Gasteiger partial charge in [0, 0.05) is 0 Å². The van der Waals surface area contributed by atoms with E-state index in [4.69, 9.17) is 9.47 Å². The van der Waals surface area contributed by atoms with E-state index in [0.717, 1.165) is 11.1 Å². The summed E-state index contributed by atoms with van der Waals surface area (Å²) < 4.78 is 10.4. The van der Waals surface area contributed by atoms with Crippen molar-refractivity contribution in [2.75, 3.05) is 0 Å². The minimum atomic E-state index is -0.444. The average molecular weight is 302 g/mol. The summed E-state index contributed by atoms with van der Waals surface area (Å²) in [4.78, 5) is 23.5. The number of esters is 2. The summed E-state index contributed by atoms with van der Waals surface area (Å²) >= 11 is 0. The molecule has 0 saturated carbocycles. The van der Waals surface area contributed by atoms with Gasteiger partial charge in [0.2, 0.25) is 0 Å². The summed E-state index contributed by atoms with van der Waals surface area (Å²) in [5.41, 5.74) is 1.97. The van der Waals surface area contributed by atoms with Gasteiger partial charge in [-0.15, -0.1) is 5.92 Å². The second-order valence-corrected chi connectivity index (χ2v) is 4.95. The number of ether oxygens (including phenoxy) is 2. The highest BCUT2D eigenvalue weighted by molar-refractivity contribution is 5.79. The van der Waals surface area contributed by atoms with Gasteiger partial charge in [0.15, 0.2) is 6.10 Å². The Kier molecular flexibility index (Phi) is 7.18. The summed E-state index contributed by atoms with van der Waals surface area (Å²) in [6.07, 6.45) is 0.195. The summed E-state index contributed by atoms with van der Waals surface area (Å²) in [6.45, 7) is 7.42. The lowest BCUT2D eigenvalue weighted by Crippen LogP contribution is -2.18. The highest BCUT2D eigenvalue weighted by Gasteiger charge is 2.14. The number of benzene rings is 1. The third-order valence-electron chi connectivity index (χ3n) is 3.26. The number of carbonyl (C=O) groups is 2. The van der Waals surface area contributed by atoms with Crippen LogP contribution in [0, 0.1) is 25.7 Å². The molecule has 4 heteroatoms. The minimum absolute atomic E-state index is 0.00834. The minimum Gasteiger partial charge on any atom is -0.449 e. The normalized spacial score (nSPS) is 11.1. The standard InChI is InChI=1S/C18H22O4/c1-5-8-15(6-2)21-17(19)11-12-18(20)22-16-10-7-9-13(3)14(16)4/h7,9-10,15H,6,11-12H2,1-4H3. The molecule has 0 aromatic heterocycles. The molecule has 0 amide bonds. The molecule has 0 aliphatic carbocycles. The largest absolute Gasteiger partial charge is 0.449 e. The van der Waals surface area contributed by atoms with Crippen molar-refractivity contribution in [2.45, 2.75) is 53.1 Å². The summed E-state index contributed by atoms with van der Waals surface area (Å²) in [5.74, 6) is 5.16. The first-order valence-corrected chi connectivity index (χ1v) is 7.36. The molecule has 1 aromatic rings. The number of aryl methyl sites for hydroxylation is 1. The van der Waals surface area contributed by atoms with Crippen molar-refractivity contribution in [3.05, 3.63) is 29.3 Å². The first kappa shape index (κ1) is 17.8. The third-order valence-corrected chi connectivity index (χ3v) is 3.26. The molecule has 1 aromatic carbocycles. The quantitative estimate of drug-likeness (QED) is 0.459. The first-order chi connectivity index (χ1) is 10.5. The molecule has 1 atom stereocenters. The fraction of sp³-hybridized carbons (Fsp3) is 0.444. The van der Waals surface area contributed by atoms with Crippen molar-refractivity contribution in [3.8, 4) is 17.6 Å². The van der Waals surface area contributed by atoms with Gasteiger partial charge in [-0.2, -0.15) is 0 Å². The number of hydrogen-bond acceptors (Lipinski definition) is 4. The molecule has 0 bridgehead atoms. The second-order valence-electron chi connectivity index (χ2n) is 4.95. The van der Waals surface area contributed by atoms with Gasteiger partial charge >= 0.3 is 11.9 Å². The smallest absolute Gasteiger partial charge is 0.311 e. The molecule has 22 heavy (non-hydrogen) atoms. The number of rotatable bonds is 6. The van der Waals surface area contributed by atoms with Crippen molar-refractivity contribution < 1.29 is 19.1 Å². The van der Waals surface area contributed by atoms with Crippen LogP contribution in [0.5, 0.6) is 5.75 Å². The molecular weight excluding hydrogens is 280 g/mol. The molecule has 0 saturated heterocycles. The van der Waals surface area contributed by atoms with Crippen LogP contribution in [0.3, 0.4) is 0 Å². The van der Waals surface area contributed by atoms with E-state index in [0.29, 0.717) is 12.2 Å². The van der Waals surface area contributed by atoms with Gasteiger partial charge in [-0.25, -0.2) is 0 Å². The van der Waals surface area contributed by atoms with Crippen molar-refractivity contribution in [1.29, 1.82) is 0 Å². The van der Waals surface area contributed by atoms with Crippen LogP contribution < -0.4 is 4.74 Å². The Balaban J connectivity index is 2.47. The van der Waals surface area contributed by atoms with Gasteiger partial charge in [-0.05, 0) is 44.4 Å². The predicted molar refractivity (Wildman–Crippen MR) is 84.4 cm³/mol. The Bertz CT molecular complexity index is 593. The number of carbonyl (C=O) groups excluding carboxylic acids is 2. The third kappa shape index (κ3) is 5.61. The van der Waals surface area contributed by atoms with Crippen LogP contribution in [-0.4, -0.2) is 18.0 Å². The van der Waals surface area contributed by atoms with Crippen LogP contribution in [-0.2, 0) is 14.3 Å². The van der Waals surface area contributed by atoms with Crippen molar-refractivity contribution >= 4 is 11.9 Å². The molecule has 0 aliphatic rings. The lowest BCUT2D eigenvalue weighted by atomic mass is 10.1. The van der Waals surface area contributed by atoms with Crippen LogP contribution in [0.1, 0.15) is 44.2 Å². The summed E-state index contributed by atoms with van der Waals surface area (Å²) in [7, 11) is 0. The first-order valence-electron chi connectivity index (χ1n) is 7.36. The SMILES string of the molecule is CC#CC(CC)OC(=O)CCC(=O)Oc1cccc(C)c1C. The van der Waals surface area contributed by atoms with Gasteiger partial charge in [-0.3, -0.25) is 9.59 Å². The van der Waals surface area contributed by atoms with Gasteiger partial charge in [0.05, 0.1) is 12.8 Å². The van der Waals surface area contributed by atoms with E-state index in [-0.39, 0.29) is 12.8 Å². The fourth-order valence-electron chi connectivity index (χ4n) is 1.81. The van der Waals surface area contributed by atoms with Crippen LogP contribution in [0.2, 0.25) is 0 Å². The topological polar surface area (TPSA) is 52.6 Å². The molecule has 0 radical (unpaired) electrons. The molecule has 0 heterocycles. The van der Waals surface area contributed by atoms with E-state index in [1.165, 1.54) is 0 Å². The van der Waals surface area contributed by atoms with E-state index in [1.54, 1.807) is 13.0 Å². The number of hydrogen-bond donors (Lipinski definition) is 0. The van der Waals surface area contributed by atoms with Gasteiger partial charge in [0.25, 0.3) is 0 Å². The van der Waals surface area contributed by atoms with E-state index in [9.17, 15) is 9.59 Å². The molecule has 118 valence electrons. The Hall–Kier alpha value is -2.28. The Morgan fingerprint density at radius 2 is 1.86 bits per heavy atom. The van der Waals surface area contributed by atoms with E-state index >= 15 is 0 Å². The molecule has 0 fully saturated rings. The second kappa shape index (κ2) is 8.89. The van der Waals surface area contributed by atoms with Crippen LogP contribution in [0.4, 0.5) is 0 Å². The van der Waals surface area contributed by atoms with Crippen LogP contribution >= 0.6 is 0 Å². The maximum atomic E-state index is 11.8. The summed E-state index contributed by atoms with van der Waals surface area (Å²) in [5, 5.41) is 0. The molecule has 1 rings (SSSR count). The Morgan fingerprint density at radius 3 is 2.50 bits per heavy atom. The highest BCUT2D eigenvalue weighted by Crippen LogP contribution is 2.21. The molecule has 0 spiro atoms. The molecule has 1 unspecified atom stereocenters. The predicted octanol–water partition coefficient (Wildman–Crippen LogP) is 3.33. The zero-order valence-electron chi connectivity index (χ0n) is 13.6. The molecule has 4 nitrogen and oxygen atoms in total. The summed E-state index contributed by atoms with van der Waals surface area (Å²) in [6, 6.07) is 5.51. The van der Waals surface area contributed by atoms with Crippen molar-refractivity contribution in [3.63, 3.8) is 0 Å². The zero-order valence-corrected chi connectivity index (χ0v) is 13.6. The Labute approximate surface area is 131 Å². The zero-order chi connectivity index (χ0) is 16.5. The lowest BCUT2D eigenvalue weighted by Gasteiger charge is -2.11.